The van der Waals surface area contributed by atoms with Crippen molar-refractivity contribution in [2.24, 2.45) is 17.5 Å². The van der Waals surface area contributed by atoms with Crippen molar-refractivity contribution in [2.75, 3.05) is 19.7 Å². The predicted molar refractivity (Wildman–Crippen MR) is 112 cm³/mol. The molecule has 1 fully saturated rings. The molecule has 0 radical (unpaired) electrons. The molecule has 1 aliphatic rings. The van der Waals surface area contributed by atoms with Crippen molar-refractivity contribution in [3.8, 4) is 0 Å². The Bertz CT molecular complexity index is 633. The van der Waals surface area contributed by atoms with Gasteiger partial charge in [0.05, 0.1) is 11.8 Å². The van der Waals surface area contributed by atoms with Crippen molar-refractivity contribution in [2.45, 2.75) is 79.4 Å². The first-order valence-corrected chi connectivity index (χ1v) is 10.6. The van der Waals surface area contributed by atoms with Gasteiger partial charge in [0, 0.05) is 43.9 Å². The molecule has 6 heteroatoms. The Morgan fingerprint density at radius 2 is 1.96 bits per heavy atom. The molecule has 0 spiro atoms. The number of aromatic nitrogens is 2. The lowest BCUT2D eigenvalue weighted by Crippen LogP contribution is -2.65. The molecule has 0 amide bonds. The van der Waals surface area contributed by atoms with Gasteiger partial charge in [-0.1, -0.05) is 13.8 Å². The minimum Gasteiger partial charge on any atom is -0.378 e. The Morgan fingerprint density at radius 3 is 2.48 bits per heavy atom. The first-order valence-electron chi connectivity index (χ1n) is 10.6. The highest BCUT2D eigenvalue weighted by Crippen LogP contribution is 2.48. The Kier molecular flexibility index (Phi) is 7.71. The maximum atomic E-state index is 6.01. The fraction of sp³-hybridized carbons (Fsp3) is 0.810. The summed E-state index contributed by atoms with van der Waals surface area (Å²) in [6.45, 7) is 15.4. The maximum Gasteiger partial charge on any atom is 0.191 e. The molecule has 154 valence electrons. The normalized spacial score (nSPS) is 21.8. The van der Waals surface area contributed by atoms with Crippen molar-refractivity contribution in [1.29, 1.82) is 0 Å². The molecule has 6 nitrogen and oxygen atoms in total. The highest BCUT2D eigenvalue weighted by molar-refractivity contribution is 5.80. The van der Waals surface area contributed by atoms with Crippen molar-refractivity contribution in [1.82, 2.24) is 20.4 Å². The van der Waals surface area contributed by atoms with Crippen molar-refractivity contribution in [3.05, 3.63) is 17.0 Å². The van der Waals surface area contributed by atoms with Crippen LogP contribution < -0.4 is 10.6 Å². The van der Waals surface area contributed by atoms with Crippen LogP contribution in [0.3, 0.4) is 0 Å². The summed E-state index contributed by atoms with van der Waals surface area (Å²) in [5.74, 6) is 0.919. The molecule has 2 N–H and O–H groups in total. The molecular weight excluding hydrogens is 338 g/mol. The number of ether oxygens (including phenoxy) is 1. The highest BCUT2D eigenvalue weighted by Gasteiger charge is 2.53. The number of nitrogens with zero attached hydrogens (tertiary/aromatic N) is 3. The Morgan fingerprint density at radius 1 is 1.26 bits per heavy atom. The lowest BCUT2D eigenvalue weighted by Gasteiger charge is -2.55. The van der Waals surface area contributed by atoms with Crippen LogP contribution in [0, 0.1) is 19.3 Å². The van der Waals surface area contributed by atoms with Gasteiger partial charge in [-0.05, 0) is 58.9 Å². The molecule has 27 heavy (non-hydrogen) atoms. The summed E-state index contributed by atoms with van der Waals surface area (Å²) in [7, 11) is 2.00. The van der Waals surface area contributed by atoms with E-state index in [0.717, 1.165) is 57.0 Å². The molecule has 1 aliphatic carbocycles. The van der Waals surface area contributed by atoms with E-state index in [9.17, 15) is 0 Å². The second kappa shape index (κ2) is 9.58. The molecule has 2 unspecified atom stereocenters. The topological polar surface area (TPSA) is 63.5 Å². The molecule has 1 heterocycles. The Balaban J connectivity index is 2.03. The predicted octanol–water partition coefficient (Wildman–Crippen LogP) is 3.12. The van der Waals surface area contributed by atoms with E-state index < -0.39 is 0 Å². The van der Waals surface area contributed by atoms with Gasteiger partial charge in [-0.2, -0.15) is 5.10 Å². The molecule has 2 rings (SSSR count). The zero-order chi connectivity index (χ0) is 20.0. The highest BCUT2D eigenvalue weighted by atomic mass is 16.5. The zero-order valence-corrected chi connectivity index (χ0v) is 18.4. The van der Waals surface area contributed by atoms with Crippen LogP contribution in [-0.4, -0.2) is 47.6 Å². The third kappa shape index (κ3) is 4.48. The van der Waals surface area contributed by atoms with Crippen molar-refractivity contribution < 1.29 is 4.74 Å². The van der Waals surface area contributed by atoms with Crippen molar-refractivity contribution >= 4 is 5.96 Å². The van der Waals surface area contributed by atoms with E-state index in [-0.39, 0.29) is 5.41 Å². The summed E-state index contributed by atoms with van der Waals surface area (Å²) in [6, 6.07) is 0.420. The lowest BCUT2D eigenvalue weighted by molar-refractivity contribution is -0.133. The van der Waals surface area contributed by atoms with Gasteiger partial charge >= 0.3 is 0 Å². The largest absolute Gasteiger partial charge is 0.378 e. The maximum absolute atomic E-state index is 6.01. The van der Waals surface area contributed by atoms with Crippen LogP contribution in [-0.2, 0) is 18.2 Å². The second-order valence-electron chi connectivity index (χ2n) is 7.60. The third-order valence-electron chi connectivity index (χ3n) is 6.42. The van der Waals surface area contributed by atoms with Crippen LogP contribution in [0.15, 0.2) is 4.99 Å². The summed E-state index contributed by atoms with van der Waals surface area (Å²) in [6.07, 6.45) is 4.58. The smallest absolute Gasteiger partial charge is 0.191 e. The molecule has 0 aromatic carbocycles. The van der Waals surface area contributed by atoms with E-state index in [2.05, 4.69) is 57.3 Å². The van der Waals surface area contributed by atoms with Crippen LogP contribution in [0.25, 0.3) is 0 Å². The molecule has 2 atom stereocenters. The Hall–Kier alpha value is -1.56. The summed E-state index contributed by atoms with van der Waals surface area (Å²) >= 11 is 0. The van der Waals surface area contributed by atoms with E-state index in [1.165, 1.54) is 11.3 Å². The summed E-state index contributed by atoms with van der Waals surface area (Å²) < 4.78 is 7.96. The molecule has 1 saturated carbocycles. The molecule has 1 aromatic heterocycles. The number of guanidine groups is 1. The van der Waals surface area contributed by atoms with E-state index >= 15 is 0 Å². The van der Waals surface area contributed by atoms with Crippen LogP contribution in [0.2, 0.25) is 0 Å². The number of hydrogen-bond acceptors (Lipinski definition) is 3. The first kappa shape index (κ1) is 21.7. The number of aryl methyl sites for hydroxylation is 2. The standard InChI is InChI=1S/C21H39N5O/c1-8-21(9-2)18(14-19(21)27-11-4)24-20(22-10-3)23-13-12-17-15(5)25-26(7)16(17)6/h18-19H,8-14H2,1-7H3,(H2,22,23,24). The lowest BCUT2D eigenvalue weighted by atomic mass is 9.58. The molecule has 0 aliphatic heterocycles. The third-order valence-corrected chi connectivity index (χ3v) is 6.42. The number of rotatable bonds is 9. The van der Waals surface area contributed by atoms with Crippen LogP contribution in [0.4, 0.5) is 0 Å². The fourth-order valence-electron chi connectivity index (χ4n) is 4.53. The number of hydrogen-bond donors (Lipinski definition) is 2. The van der Waals surface area contributed by atoms with Crippen LogP contribution >= 0.6 is 0 Å². The van der Waals surface area contributed by atoms with E-state index in [0.29, 0.717) is 12.1 Å². The molecular formula is C21H39N5O. The quantitative estimate of drug-likeness (QED) is 0.513. The van der Waals surface area contributed by atoms with Crippen molar-refractivity contribution in [3.63, 3.8) is 0 Å². The van der Waals surface area contributed by atoms with Gasteiger partial charge in [0.15, 0.2) is 5.96 Å². The van der Waals surface area contributed by atoms with Gasteiger partial charge in [-0.25, -0.2) is 0 Å². The average molecular weight is 378 g/mol. The summed E-state index contributed by atoms with van der Waals surface area (Å²) in [5.41, 5.74) is 3.87. The minimum atomic E-state index is 0.211. The number of nitrogens with one attached hydrogen (secondary N) is 2. The van der Waals surface area contributed by atoms with E-state index in [4.69, 9.17) is 9.73 Å². The van der Waals surface area contributed by atoms with Crippen LogP contribution in [0.1, 0.15) is 63.9 Å². The van der Waals surface area contributed by atoms with E-state index in [1.54, 1.807) is 0 Å². The SMILES string of the molecule is CCNC(=NCCc1c(C)nn(C)c1C)NC1CC(OCC)C1(CC)CC. The first-order chi connectivity index (χ1) is 12.9. The fourth-order valence-corrected chi connectivity index (χ4v) is 4.53. The number of aliphatic imine (C=N–C) groups is 1. The van der Waals surface area contributed by atoms with Gasteiger partial charge in [0.1, 0.15) is 0 Å². The van der Waals surface area contributed by atoms with Crippen LogP contribution in [0.5, 0.6) is 0 Å². The summed E-state index contributed by atoms with van der Waals surface area (Å²) in [5, 5.41) is 11.6. The average Bonchev–Trinajstić information content (AvgIpc) is 2.88. The minimum absolute atomic E-state index is 0.211. The van der Waals surface area contributed by atoms with E-state index in [1.807, 2.05) is 11.7 Å². The summed E-state index contributed by atoms with van der Waals surface area (Å²) in [4.78, 5) is 4.84. The Labute approximate surface area is 165 Å². The molecule has 0 bridgehead atoms. The van der Waals surface area contributed by atoms with Gasteiger partial charge in [-0.15, -0.1) is 0 Å². The second-order valence-corrected chi connectivity index (χ2v) is 7.60. The molecule has 0 saturated heterocycles. The van der Waals surface area contributed by atoms with Gasteiger partial charge in [0.2, 0.25) is 0 Å². The van der Waals surface area contributed by atoms with Gasteiger partial charge < -0.3 is 15.4 Å². The zero-order valence-electron chi connectivity index (χ0n) is 18.4. The van der Waals surface area contributed by atoms with Gasteiger partial charge in [-0.3, -0.25) is 9.67 Å². The monoisotopic (exact) mass is 377 g/mol. The van der Waals surface area contributed by atoms with Gasteiger partial charge in [0.25, 0.3) is 0 Å². The molecule has 1 aromatic rings.